The highest BCUT2D eigenvalue weighted by Crippen LogP contribution is 2.06. The molecule has 2 N–H and O–H groups in total. The second-order valence-electron chi connectivity index (χ2n) is 4.53. The van der Waals surface area contributed by atoms with E-state index in [2.05, 4.69) is 22.1 Å². The van der Waals surface area contributed by atoms with Crippen LogP contribution in [0.3, 0.4) is 0 Å². The molecule has 1 aromatic carbocycles. The third-order valence-electron chi connectivity index (χ3n) is 2.90. The Labute approximate surface area is 123 Å². The maximum Gasteiger partial charge on any atom is 0.271 e. The zero-order chi connectivity index (χ0) is 15.1. The Morgan fingerprint density at radius 1 is 1.29 bits per heavy atom. The molecule has 0 unspecified atom stereocenters. The number of aryl methyl sites for hydroxylation is 1. The predicted molar refractivity (Wildman–Crippen MR) is 80.6 cm³/mol. The molecule has 1 amide bonds. The van der Waals surface area contributed by atoms with Crippen LogP contribution in [0.25, 0.3) is 0 Å². The Kier molecular flexibility index (Phi) is 5.08. The highest BCUT2D eigenvalue weighted by molar-refractivity contribution is 5.94. The molecule has 0 spiro atoms. The van der Waals surface area contributed by atoms with Gasteiger partial charge in [-0.25, -0.2) is 4.98 Å². The van der Waals surface area contributed by atoms with Gasteiger partial charge in [0.15, 0.2) is 0 Å². The summed E-state index contributed by atoms with van der Waals surface area (Å²) in [6, 6.07) is 11.4. The maximum atomic E-state index is 12.2. The standard InChI is InChI=1S/C17H16N2O2/c1-13-6-8-14(9-7-13)12-19-17(21)16-15(5-3-11-20)4-2-10-18-16/h2,4,6-10,20H,11-12H2,1H3,(H,19,21). The molecule has 0 fully saturated rings. The van der Waals surface area contributed by atoms with Crippen molar-refractivity contribution in [2.75, 3.05) is 6.61 Å². The number of benzene rings is 1. The summed E-state index contributed by atoms with van der Waals surface area (Å²) in [5, 5.41) is 11.6. The smallest absolute Gasteiger partial charge is 0.271 e. The second-order valence-corrected chi connectivity index (χ2v) is 4.53. The van der Waals surface area contributed by atoms with E-state index in [1.54, 1.807) is 18.3 Å². The van der Waals surface area contributed by atoms with Crippen LogP contribution in [0.4, 0.5) is 0 Å². The molecule has 2 rings (SSSR count). The summed E-state index contributed by atoms with van der Waals surface area (Å²) >= 11 is 0. The van der Waals surface area contributed by atoms with Crippen LogP contribution < -0.4 is 5.32 Å². The van der Waals surface area contributed by atoms with Crippen molar-refractivity contribution in [3.63, 3.8) is 0 Å². The Balaban J connectivity index is 2.08. The SMILES string of the molecule is Cc1ccc(CNC(=O)c2ncccc2C#CCO)cc1. The van der Waals surface area contributed by atoms with Crippen molar-refractivity contribution in [2.45, 2.75) is 13.5 Å². The number of aliphatic hydroxyl groups excluding tert-OH is 1. The number of aromatic nitrogens is 1. The van der Waals surface area contributed by atoms with Crippen LogP contribution in [0.15, 0.2) is 42.6 Å². The fraction of sp³-hybridized carbons (Fsp3) is 0.176. The van der Waals surface area contributed by atoms with Gasteiger partial charge in [0.1, 0.15) is 12.3 Å². The lowest BCUT2D eigenvalue weighted by molar-refractivity contribution is 0.0945. The Hall–Kier alpha value is -2.64. The van der Waals surface area contributed by atoms with E-state index in [-0.39, 0.29) is 18.2 Å². The van der Waals surface area contributed by atoms with E-state index in [1.165, 1.54) is 5.56 Å². The molecule has 1 heterocycles. The summed E-state index contributed by atoms with van der Waals surface area (Å²) in [6.45, 7) is 2.20. The summed E-state index contributed by atoms with van der Waals surface area (Å²) in [7, 11) is 0. The van der Waals surface area contributed by atoms with Gasteiger partial charge in [-0.3, -0.25) is 4.79 Å². The number of pyridine rings is 1. The number of amides is 1. The fourth-order valence-electron chi connectivity index (χ4n) is 1.79. The first-order chi connectivity index (χ1) is 10.2. The monoisotopic (exact) mass is 280 g/mol. The number of carbonyl (C=O) groups is 1. The lowest BCUT2D eigenvalue weighted by Gasteiger charge is -2.06. The third-order valence-corrected chi connectivity index (χ3v) is 2.90. The fourth-order valence-corrected chi connectivity index (χ4v) is 1.79. The number of carbonyl (C=O) groups excluding carboxylic acids is 1. The van der Waals surface area contributed by atoms with Crippen molar-refractivity contribution in [1.29, 1.82) is 0 Å². The third kappa shape index (κ3) is 4.16. The number of aliphatic hydroxyl groups is 1. The molecular weight excluding hydrogens is 264 g/mol. The number of nitrogens with zero attached hydrogens (tertiary/aromatic N) is 1. The van der Waals surface area contributed by atoms with E-state index < -0.39 is 0 Å². The molecule has 106 valence electrons. The number of hydrogen-bond acceptors (Lipinski definition) is 3. The zero-order valence-corrected chi connectivity index (χ0v) is 11.8. The molecule has 21 heavy (non-hydrogen) atoms. The summed E-state index contributed by atoms with van der Waals surface area (Å²) in [6.07, 6.45) is 1.55. The van der Waals surface area contributed by atoms with E-state index in [0.29, 0.717) is 12.1 Å². The first kappa shape index (κ1) is 14.8. The van der Waals surface area contributed by atoms with Gasteiger partial charge in [0.2, 0.25) is 0 Å². The van der Waals surface area contributed by atoms with Gasteiger partial charge in [-0.2, -0.15) is 0 Å². The van der Waals surface area contributed by atoms with E-state index in [1.807, 2.05) is 31.2 Å². The van der Waals surface area contributed by atoms with Gasteiger partial charge in [0.05, 0.1) is 5.56 Å². The van der Waals surface area contributed by atoms with E-state index in [0.717, 1.165) is 5.56 Å². The molecule has 1 aromatic heterocycles. The molecule has 0 aliphatic rings. The molecule has 0 saturated carbocycles. The van der Waals surface area contributed by atoms with Gasteiger partial charge in [-0.1, -0.05) is 41.7 Å². The van der Waals surface area contributed by atoms with Gasteiger partial charge in [0.25, 0.3) is 5.91 Å². The van der Waals surface area contributed by atoms with Crippen LogP contribution >= 0.6 is 0 Å². The highest BCUT2D eigenvalue weighted by atomic mass is 16.2. The minimum Gasteiger partial charge on any atom is -0.384 e. The molecule has 2 aromatic rings. The van der Waals surface area contributed by atoms with Crippen molar-refractivity contribution < 1.29 is 9.90 Å². The number of hydrogen-bond donors (Lipinski definition) is 2. The first-order valence-corrected chi connectivity index (χ1v) is 6.59. The molecule has 0 aliphatic carbocycles. The largest absolute Gasteiger partial charge is 0.384 e. The van der Waals surface area contributed by atoms with Crippen molar-refractivity contribution >= 4 is 5.91 Å². The summed E-state index contributed by atoms with van der Waals surface area (Å²) in [5.41, 5.74) is 2.97. The number of rotatable bonds is 3. The van der Waals surface area contributed by atoms with Crippen LogP contribution in [-0.4, -0.2) is 22.6 Å². The zero-order valence-electron chi connectivity index (χ0n) is 11.8. The number of nitrogens with one attached hydrogen (secondary N) is 1. The van der Waals surface area contributed by atoms with Crippen LogP contribution in [0.2, 0.25) is 0 Å². The van der Waals surface area contributed by atoms with Gasteiger partial charge < -0.3 is 10.4 Å². The predicted octanol–water partition coefficient (Wildman–Crippen LogP) is 1.66. The van der Waals surface area contributed by atoms with E-state index >= 15 is 0 Å². The lowest BCUT2D eigenvalue weighted by atomic mass is 10.1. The second kappa shape index (κ2) is 7.22. The van der Waals surface area contributed by atoms with Gasteiger partial charge in [0, 0.05) is 12.7 Å². The van der Waals surface area contributed by atoms with Gasteiger partial charge in [-0.15, -0.1) is 0 Å². The quantitative estimate of drug-likeness (QED) is 0.841. The Morgan fingerprint density at radius 2 is 2.05 bits per heavy atom. The Bertz CT molecular complexity index is 682. The Morgan fingerprint density at radius 3 is 2.76 bits per heavy atom. The molecule has 0 radical (unpaired) electrons. The minimum absolute atomic E-state index is 0.251. The topological polar surface area (TPSA) is 62.2 Å². The van der Waals surface area contributed by atoms with Gasteiger partial charge in [-0.05, 0) is 24.6 Å². The van der Waals surface area contributed by atoms with Crippen LogP contribution in [0, 0.1) is 18.8 Å². The summed E-state index contributed by atoms with van der Waals surface area (Å²) in [5.74, 6) is 4.97. The van der Waals surface area contributed by atoms with E-state index in [9.17, 15) is 4.79 Å². The molecule has 4 nitrogen and oxygen atoms in total. The van der Waals surface area contributed by atoms with Crippen molar-refractivity contribution in [2.24, 2.45) is 0 Å². The average Bonchev–Trinajstić information content (AvgIpc) is 2.52. The molecule has 0 bridgehead atoms. The molecule has 0 atom stereocenters. The molecular formula is C17H16N2O2. The maximum absolute atomic E-state index is 12.2. The molecule has 0 saturated heterocycles. The first-order valence-electron chi connectivity index (χ1n) is 6.59. The summed E-state index contributed by atoms with van der Waals surface area (Å²) < 4.78 is 0. The molecule has 0 aliphatic heterocycles. The molecule has 4 heteroatoms. The van der Waals surface area contributed by atoms with Crippen LogP contribution in [-0.2, 0) is 6.54 Å². The van der Waals surface area contributed by atoms with Crippen molar-refractivity contribution in [3.8, 4) is 11.8 Å². The normalized spacial score (nSPS) is 9.62. The van der Waals surface area contributed by atoms with Crippen LogP contribution in [0.5, 0.6) is 0 Å². The minimum atomic E-state index is -0.279. The van der Waals surface area contributed by atoms with E-state index in [4.69, 9.17) is 5.11 Å². The van der Waals surface area contributed by atoms with Crippen molar-refractivity contribution in [1.82, 2.24) is 10.3 Å². The highest BCUT2D eigenvalue weighted by Gasteiger charge is 2.10. The van der Waals surface area contributed by atoms with Crippen LogP contribution in [0.1, 0.15) is 27.2 Å². The van der Waals surface area contributed by atoms with Gasteiger partial charge >= 0.3 is 0 Å². The summed E-state index contributed by atoms with van der Waals surface area (Å²) in [4.78, 5) is 16.2. The average molecular weight is 280 g/mol. The van der Waals surface area contributed by atoms with Crippen molar-refractivity contribution in [3.05, 3.63) is 65.0 Å². The lowest BCUT2D eigenvalue weighted by Crippen LogP contribution is -2.24.